The summed E-state index contributed by atoms with van der Waals surface area (Å²) in [5.74, 6) is -0.587. The first-order chi connectivity index (χ1) is 15.7. The lowest BCUT2D eigenvalue weighted by atomic mass is 9.97. The van der Waals surface area contributed by atoms with E-state index in [4.69, 9.17) is 18.9 Å². The van der Waals surface area contributed by atoms with E-state index < -0.39 is 74.6 Å². The van der Waals surface area contributed by atoms with Crippen molar-refractivity contribution in [2.45, 2.75) is 67.8 Å². The van der Waals surface area contributed by atoms with Gasteiger partial charge in [0, 0.05) is 0 Å². The van der Waals surface area contributed by atoms with E-state index in [2.05, 4.69) is 0 Å². The highest BCUT2D eigenvalue weighted by Gasteiger charge is 2.50. The van der Waals surface area contributed by atoms with Crippen LogP contribution in [0.2, 0.25) is 0 Å². The Morgan fingerprint density at radius 3 is 2.00 bits per heavy atom. The molecular weight excluding hydrogens is 448 g/mol. The lowest BCUT2D eigenvalue weighted by molar-refractivity contribution is -0.360. The summed E-state index contributed by atoms with van der Waals surface area (Å²) in [4.78, 5) is 0. The summed E-state index contributed by atoms with van der Waals surface area (Å²) < 4.78 is 21.7. The first-order valence-electron chi connectivity index (χ1n) is 10.4. The third-order valence-electron chi connectivity index (χ3n) is 5.67. The summed E-state index contributed by atoms with van der Waals surface area (Å²) in [7, 11) is 0. The summed E-state index contributed by atoms with van der Waals surface area (Å²) in [5, 5.41) is 88.9. The third-order valence-corrected chi connectivity index (χ3v) is 5.67. The average Bonchev–Trinajstić information content (AvgIpc) is 2.80. The summed E-state index contributed by atoms with van der Waals surface area (Å²) in [6.45, 7) is -1.37. The minimum atomic E-state index is -1.76. The molecule has 0 spiro atoms. The molecule has 0 aromatic heterocycles. The maximum Gasteiger partial charge on any atom is 0.187 e. The molecule has 3 rings (SSSR count). The molecule has 0 aliphatic carbocycles. The van der Waals surface area contributed by atoms with Gasteiger partial charge in [0.15, 0.2) is 24.1 Å². The number of phenolic OH excluding ortho intramolecular Hbond substituents is 2. The van der Waals surface area contributed by atoms with Crippen molar-refractivity contribution in [3.8, 4) is 11.5 Å². The number of hydrogen-bond acceptors (Lipinski definition) is 13. The van der Waals surface area contributed by atoms with Crippen molar-refractivity contribution in [3.05, 3.63) is 23.8 Å². The molecule has 0 unspecified atom stereocenters. The molecule has 1 aromatic rings. The van der Waals surface area contributed by atoms with Gasteiger partial charge in [0.05, 0.1) is 19.8 Å². The van der Waals surface area contributed by atoms with Gasteiger partial charge in [0.25, 0.3) is 0 Å². The molecular formula is C20H30O13. The second-order valence-corrected chi connectivity index (χ2v) is 7.95. The van der Waals surface area contributed by atoms with Crippen LogP contribution in [-0.2, 0) is 25.4 Å². The van der Waals surface area contributed by atoms with E-state index in [0.29, 0.717) is 5.56 Å². The zero-order valence-electron chi connectivity index (χ0n) is 17.5. The van der Waals surface area contributed by atoms with Crippen molar-refractivity contribution in [3.63, 3.8) is 0 Å². The summed E-state index contributed by atoms with van der Waals surface area (Å²) in [6, 6.07) is 4.20. The first kappa shape index (κ1) is 26.0. The largest absolute Gasteiger partial charge is 0.504 e. The highest BCUT2D eigenvalue weighted by Crippen LogP contribution is 2.30. The van der Waals surface area contributed by atoms with Crippen LogP contribution in [0.3, 0.4) is 0 Å². The highest BCUT2D eigenvalue weighted by atomic mass is 16.7. The van der Waals surface area contributed by atoms with Crippen LogP contribution in [0.4, 0.5) is 0 Å². The zero-order valence-corrected chi connectivity index (χ0v) is 17.5. The Bertz CT molecular complexity index is 761. The minimum Gasteiger partial charge on any atom is -0.504 e. The molecule has 9 N–H and O–H groups in total. The molecule has 188 valence electrons. The topological polar surface area (TPSA) is 219 Å². The number of aliphatic hydroxyl groups is 7. The van der Waals surface area contributed by atoms with Crippen molar-refractivity contribution >= 4 is 0 Å². The Kier molecular flexibility index (Phi) is 8.82. The van der Waals surface area contributed by atoms with Gasteiger partial charge in [-0.15, -0.1) is 0 Å². The molecule has 33 heavy (non-hydrogen) atoms. The third kappa shape index (κ3) is 5.72. The van der Waals surface area contributed by atoms with Crippen LogP contribution >= 0.6 is 0 Å². The van der Waals surface area contributed by atoms with Crippen LogP contribution in [0.25, 0.3) is 0 Å². The van der Waals surface area contributed by atoms with Crippen molar-refractivity contribution < 1.29 is 64.9 Å². The molecule has 0 radical (unpaired) electrons. The maximum absolute atomic E-state index is 10.7. The quantitative estimate of drug-likeness (QED) is 0.164. The number of ether oxygens (including phenoxy) is 4. The summed E-state index contributed by atoms with van der Waals surface area (Å²) in [5.41, 5.74) is 0.614. The lowest BCUT2D eigenvalue weighted by Gasteiger charge is -2.45. The lowest BCUT2D eigenvalue weighted by Crippen LogP contribution is -2.64. The average molecular weight is 478 g/mol. The molecule has 2 saturated heterocycles. The minimum absolute atomic E-state index is 0.0209. The Balaban J connectivity index is 1.66. The number of benzene rings is 1. The second kappa shape index (κ2) is 11.2. The smallest absolute Gasteiger partial charge is 0.187 e. The fourth-order valence-electron chi connectivity index (χ4n) is 3.70. The normalized spacial score (nSPS) is 39.5. The van der Waals surface area contributed by atoms with Crippen LogP contribution in [0, 0.1) is 0 Å². The fraction of sp³-hybridized carbons (Fsp3) is 0.700. The van der Waals surface area contributed by atoms with Crippen LogP contribution < -0.4 is 0 Å². The summed E-state index contributed by atoms with van der Waals surface area (Å²) in [6.07, 6.45) is -15.0. The van der Waals surface area contributed by atoms with Gasteiger partial charge in [0.2, 0.25) is 0 Å². The van der Waals surface area contributed by atoms with Gasteiger partial charge >= 0.3 is 0 Å². The predicted molar refractivity (Wildman–Crippen MR) is 106 cm³/mol. The van der Waals surface area contributed by atoms with Crippen molar-refractivity contribution in [1.29, 1.82) is 0 Å². The summed E-state index contributed by atoms with van der Waals surface area (Å²) >= 11 is 0. The number of aliphatic hydroxyl groups excluding tert-OH is 7. The zero-order chi connectivity index (χ0) is 24.3. The van der Waals surface area contributed by atoms with Gasteiger partial charge in [-0.25, -0.2) is 0 Å². The number of aromatic hydroxyl groups is 2. The van der Waals surface area contributed by atoms with Crippen LogP contribution in [-0.4, -0.2) is 127 Å². The number of phenols is 2. The first-order valence-corrected chi connectivity index (χ1v) is 10.4. The molecule has 2 aliphatic rings. The Hall–Kier alpha value is -1.62. The Morgan fingerprint density at radius 1 is 0.727 bits per heavy atom. The number of hydrogen-bond donors (Lipinski definition) is 9. The maximum atomic E-state index is 10.7. The molecule has 1 aromatic carbocycles. The SMILES string of the molecule is OC[C@@H]1O[C@@H](OCCc2ccc(O)c(O)c2)[C@H](O)[C@H](O[C@H]2O[C@H](CO)[C@H](O)[C@@H](O)[C@@H]2O)[C@@H]1O. The van der Waals surface area contributed by atoms with E-state index in [1.165, 1.54) is 12.1 Å². The van der Waals surface area contributed by atoms with Crippen molar-refractivity contribution in [2.75, 3.05) is 19.8 Å². The van der Waals surface area contributed by atoms with Crippen LogP contribution in [0.1, 0.15) is 5.56 Å². The van der Waals surface area contributed by atoms with E-state index in [-0.39, 0.29) is 24.5 Å². The molecule has 10 atom stereocenters. The van der Waals surface area contributed by atoms with E-state index in [1.807, 2.05) is 0 Å². The number of rotatable bonds is 8. The second-order valence-electron chi connectivity index (χ2n) is 7.95. The van der Waals surface area contributed by atoms with Gasteiger partial charge in [0.1, 0.15) is 48.8 Å². The van der Waals surface area contributed by atoms with Crippen LogP contribution in [0.15, 0.2) is 18.2 Å². The van der Waals surface area contributed by atoms with Gasteiger partial charge in [-0.1, -0.05) is 6.07 Å². The fourth-order valence-corrected chi connectivity index (χ4v) is 3.70. The van der Waals surface area contributed by atoms with E-state index >= 15 is 0 Å². The van der Waals surface area contributed by atoms with Gasteiger partial charge < -0.3 is 64.9 Å². The Morgan fingerprint density at radius 2 is 1.36 bits per heavy atom. The monoisotopic (exact) mass is 478 g/mol. The van der Waals surface area contributed by atoms with E-state index in [0.717, 1.165) is 0 Å². The van der Waals surface area contributed by atoms with Gasteiger partial charge in [-0.3, -0.25) is 0 Å². The molecule has 13 nitrogen and oxygen atoms in total. The standard InChI is InChI=1S/C20H30O13/c21-6-11-13(25)15(27)16(28)20(32-11)33-18-14(26)12(7-22)31-19(17(18)29)30-4-3-8-1-2-9(23)10(24)5-8/h1-2,5,11-29H,3-4,6-7H2/t11-,12+,13+,14-,15-,16+,17-,18-,19-,20-/m1/s1. The van der Waals surface area contributed by atoms with Gasteiger partial charge in [-0.2, -0.15) is 0 Å². The predicted octanol–water partition coefficient (Wildman–Crippen LogP) is -3.72. The van der Waals surface area contributed by atoms with Crippen molar-refractivity contribution in [2.24, 2.45) is 0 Å². The van der Waals surface area contributed by atoms with Crippen molar-refractivity contribution in [1.82, 2.24) is 0 Å². The molecule has 2 fully saturated rings. The molecule has 2 aliphatic heterocycles. The van der Waals surface area contributed by atoms with E-state index in [9.17, 15) is 46.0 Å². The van der Waals surface area contributed by atoms with Gasteiger partial charge in [-0.05, 0) is 24.1 Å². The molecule has 0 amide bonds. The molecule has 0 saturated carbocycles. The highest BCUT2D eigenvalue weighted by molar-refractivity contribution is 5.40. The van der Waals surface area contributed by atoms with Crippen LogP contribution in [0.5, 0.6) is 11.5 Å². The van der Waals surface area contributed by atoms with E-state index in [1.54, 1.807) is 6.07 Å². The molecule has 2 heterocycles. The Labute approximate surface area is 188 Å². The molecule has 0 bridgehead atoms. The molecule has 13 heteroatoms.